The topological polar surface area (TPSA) is 69.2 Å². The van der Waals surface area contributed by atoms with E-state index in [-0.39, 0.29) is 11.7 Å². The molecule has 5 rings (SSSR count). The molecule has 1 atom stereocenters. The van der Waals surface area contributed by atoms with Crippen LogP contribution in [-0.4, -0.2) is 21.2 Å². The lowest BCUT2D eigenvalue weighted by Gasteiger charge is -2.26. The van der Waals surface area contributed by atoms with Crippen molar-refractivity contribution in [2.24, 2.45) is 0 Å². The molecule has 1 amide bonds. The molecule has 1 aliphatic heterocycles. The molecule has 124 valence electrons. The van der Waals surface area contributed by atoms with Gasteiger partial charge in [-0.2, -0.15) is 5.10 Å². The Morgan fingerprint density at radius 1 is 1.08 bits per heavy atom. The highest BCUT2D eigenvalue weighted by Crippen LogP contribution is 2.42. The summed E-state index contributed by atoms with van der Waals surface area (Å²) in [6, 6.07) is 13.5. The number of hydrogen-bond donors (Lipinski definition) is 2. The van der Waals surface area contributed by atoms with E-state index in [1.165, 1.54) is 24.5 Å². The molecule has 1 aliphatic carbocycles. The van der Waals surface area contributed by atoms with E-state index >= 15 is 0 Å². The third-order valence-corrected chi connectivity index (χ3v) is 5.05. The van der Waals surface area contributed by atoms with Crippen LogP contribution in [0.15, 0.2) is 60.5 Å². The van der Waals surface area contributed by atoms with Crippen LogP contribution in [0.25, 0.3) is 10.9 Å². The highest BCUT2D eigenvalue weighted by atomic mass is 16.3. The quantitative estimate of drug-likeness (QED) is 0.763. The molecule has 3 aromatic rings. The molecule has 0 spiro atoms. The van der Waals surface area contributed by atoms with E-state index in [1.807, 2.05) is 30.3 Å². The summed E-state index contributed by atoms with van der Waals surface area (Å²) in [6.45, 7) is 0. The second kappa shape index (κ2) is 5.21. The molecule has 0 radical (unpaired) electrons. The van der Waals surface area contributed by atoms with E-state index in [1.54, 1.807) is 11.1 Å². The smallest absolute Gasteiger partial charge is 0.255 e. The van der Waals surface area contributed by atoms with E-state index in [0.29, 0.717) is 5.92 Å². The standard InChI is InChI=1S/C20H17N3O2/c24-18-10-19(25)23(16-8-7-15-11-21-22-17(15)9-16)20(18)14-5-3-13(4-6-14)12-1-2-12/h3-12,20,24H,1-2H2,(H,21,22). The zero-order valence-electron chi connectivity index (χ0n) is 13.5. The van der Waals surface area contributed by atoms with Gasteiger partial charge in [0.25, 0.3) is 5.91 Å². The molecule has 1 unspecified atom stereocenters. The van der Waals surface area contributed by atoms with Crippen LogP contribution in [0.3, 0.4) is 0 Å². The molecule has 2 N–H and O–H groups in total. The van der Waals surface area contributed by atoms with Crippen LogP contribution in [0.1, 0.15) is 35.9 Å². The first-order chi connectivity index (χ1) is 12.2. The number of nitrogens with one attached hydrogen (secondary N) is 1. The molecular weight excluding hydrogens is 314 g/mol. The van der Waals surface area contributed by atoms with Crippen LogP contribution >= 0.6 is 0 Å². The average molecular weight is 331 g/mol. The lowest BCUT2D eigenvalue weighted by atomic mass is 10.0. The highest BCUT2D eigenvalue weighted by molar-refractivity contribution is 6.06. The van der Waals surface area contributed by atoms with Crippen LogP contribution in [-0.2, 0) is 4.79 Å². The maximum Gasteiger partial charge on any atom is 0.255 e. The van der Waals surface area contributed by atoms with Crippen LogP contribution < -0.4 is 4.90 Å². The Bertz CT molecular complexity index is 999. The Hall–Kier alpha value is -3.08. The maximum atomic E-state index is 12.5. The monoisotopic (exact) mass is 331 g/mol. The van der Waals surface area contributed by atoms with Crippen LogP contribution in [0.4, 0.5) is 5.69 Å². The Labute approximate surface area is 144 Å². The van der Waals surface area contributed by atoms with Crippen molar-refractivity contribution >= 4 is 22.5 Å². The van der Waals surface area contributed by atoms with E-state index in [2.05, 4.69) is 22.3 Å². The minimum atomic E-state index is -0.485. The number of carbonyl (C=O) groups is 1. The molecule has 2 heterocycles. The normalized spacial score (nSPS) is 20.3. The van der Waals surface area contributed by atoms with Crippen LogP contribution in [0.5, 0.6) is 0 Å². The summed E-state index contributed by atoms with van der Waals surface area (Å²) in [5.41, 5.74) is 3.84. The van der Waals surface area contributed by atoms with E-state index in [4.69, 9.17) is 0 Å². The predicted octanol–water partition coefficient (Wildman–Crippen LogP) is 3.97. The third kappa shape index (κ3) is 2.31. The number of nitrogens with zero attached hydrogens (tertiary/aromatic N) is 2. The van der Waals surface area contributed by atoms with Gasteiger partial charge in [-0.1, -0.05) is 24.3 Å². The van der Waals surface area contributed by atoms with Crippen molar-refractivity contribution in [3.63, 3.8) is 0 Å². The number of amides is 1. The highest BCUT2D eigenvalue weighted by Gasteiger charge is 2.35. The molecule has 5 nitrogen and oxygen atoms in total. The van der Waals surface area contributed by atoms with Gasteiger partial charge in [0, 0.05) is 17.1 Å². The van der Waals surface area contributed by atoms with Gasteiger partial charge in [-0.05, 0) is 48.1 Å². The van der Waals surface area contributed by atoms with Gasteiger partial charge in [0.1, 0.15) is 11.8 Å². The van der Waals surface area contributed by atoms with Crippen molar-refractivity contribution in [3.8, 4) is 0 Å². The number of benzene rings is 2. The molecule has 2 aromatic carbocycles. The lowest BCUT2D eigenvalue weighted by Crippen LogP contribution is -2.29. The lowest BCUT2D eigenvalue weighted by molar-refractivity contribution is -0.113. The fourth-order valence-corrected chi connectivity index (χ4v) is 3.57. The van der Waals surface area contributed by atoms with Crippen molar-refractivity contribution in [2.75, 3.05) is 4.90 Å². The summed E-state index contributed by atoms with van der Waals surface area (Å²) in [5.74, 6) is 0.545. The molecule has 25 heavy (non-hydrogen) atoms. The molecule has 1 fully saturated rings. The van der Waals surface area contributed by atoms with E-state index in [0.717, 1.165) is 22.2 Å². The second-order valence-corrected chi connectivity index (χ2v) is 6.76. The minimum Gasteiger partial charge on any atom is -0.510 e. The Kier molecular flexibility index (Phi) is 2.98. The van der Waals surface area contributed by atoms with Crippen molar-refractivity contribution in [1.82, 2.24) is 10.2 Å². The minimum absolute atomic E-state index is 0.0777. The number of hydrogen-bond acceptors (Lipinski definition) is 3. The SMILES string of the molecule is O=C1C=C(O)C(c2ccc(C3CC3)cc2)N1c1ccc2cn[nH]c2c1. The number of aliphatic hydroxyl groups excluding tert-OH is 1. The fourth-order valence-electron chi connectivity index (χ4n) is 3.57. The average Bonchev–Trinajstić information content (AvgIpc) is 3.28. The molecule has 1 aromatic heterocycles. The van der Waals surface area contributed by atoms with Gasteiger partial charge < -0.3 is 5.11 Å². The van der Waals surface area contributed by atoms with Gasteiger partial charge in [-0.15, -0.1) is 0 Å². The number of aliphatic hydroxyl groups is 1. The van der Waals surface area contributed by atoms with Gasteiger partial charge in [0.05, 0.1) is 11.7 Å². The number of fused-ring (bicyclic) bond motifs is 1. The molecule has 0 saturated heterocycles. The predicted molar refractivity (Wildman–Crippen MR) is 95.4 cm³/mol. The van der Waals surface area contributed by atoms with Crippen molar-refractivity contribution in [3.05, 3.63) is 71.6 Å². The van der Waals surface area contributed by atoms with E-state index in [9.17, 15) is 9.90 Å². The van der Waals surface area contributed by atoms with Gasteiger partial charge >= 0.3 is 0 Å². The van der Waals surface area contributed by atoms with Crippen molar-refractivity contribution < 1.29 is 9.90 Å². The molecule has 5 heteroatoms. The summed E-state index contributed by atoms with van der Waals surface area (Å²) in [7, 11) is 0. The first-order valence-electron chi connectivity index (χ1n) is 8.47. The Morgan fingerprint density at radius 2 is 1.84 bits per heavy atom. The van der Waals surface area contributed by atoms with Crippen molar-refractivity contribution in [2.45, 2.75) is 24.8 Å². The Balaban J connectivity index is 1.55. The second-order valence-electron chi connectivity index (χ2n) is 6.76. The summed E-state index contributed by atoms with van der Waals surface area (Å²) < 4.78 is 0. The van der Waals surface area contributed by atoms with Gasteiger partial charge in [-0.25, -0.2) is 0 Å². The molecule has 2 aliphatic rings. The van der Waals surface area contributed by atoms with Crippen LogP contribution in [0.2, 0.25) is 0 Å². The third-order valence-electron chi connectivity index (χ3n) is 5.05. The first-order valence-corrected chi connectivity index (χ1v) is 8.47. The number of aromatic amines is 1. The summed E-state index contributed by atoms with van der Waals surface area (Å²) >= 11 is 0. The fraction of sp³-hybridized carbons (Fsp3) is 0.200. The summed E-state index contributed by atoms with van der Waals surface area (Å²) in [6.07, 6.45) is 5.55. The Morgan fingerprint density at radius 3 is 2.60 bits per heavy atom. The molecular formula is C20H17N3O2. The van der Waals surface area contributed by atoms with E-state index < -0.39 is 6.04 Å². The number of rotatable bonds is 3. The maximum absolute atomic E-state index is 12.5. The summed E-state index contributed by atoms with van der Waals surface area (Å²) in [5, 5.41) is 18.3. The number of H-pyrrole nitrogens is 1. The van der Waals surface area contributed by atoms with Gasteiger partial charge in [-0.3, -0.25) is 14.8 Å². The number of aromatic nitrogens is 2. The number of carbonyl (C=O) groups excluding carboxylic acids is 1. The zero-order chi connectivity index (χ0) is 17.0. The first kappa shape index (κ1) is 14.3. The summed E-state index contributed by atoms with van der Waals surface area (Å²) in [4.78, 5) is 14.1. The largest absolute Gasteiger partial charge is 0.510 e. The van der Waals surface area contributed by atoms with Crippen molar-refractivity contribution in [1.29, 1.82) is 0 Å². The van der Waals surface area contributed by atoms with Gasteiger partial charge in [0.2, 0.25) is 0 Å². The molecule has 1 saturated carbocycles. The number of anilines is 1. The molecule has 0 bridgehead atoms. The van der Waals surface area contributed by atoms with Gasteiger partial charge in [0.15, 0.2) is 0 Å². The zero-order valence-corrected chi connectivity index (χ0v) is 13.5. The van der Waals surface area contributed by atoms with Crippen LogP contribution in [0, 0.1) is 0 Å².